The normalized spacial score (nSPS) is 14.3. The summed E-state index contributed by atoms with van der Waals surface area (Å²) in [6.45, 7) is 4.24. The van der Waals surface area contributed by atoms with Crippen LogP contribution in [0.25, 0.3) is 0 Å². The van der Waals surface area contributed by atoms with E-state index < -0.39 is 0 Å². The van der Waals surface area contributed by atoms with E-state index in [2.05, 4.69) is 22.3 Å². The molecule has 118 valence electrons. The number of rotatable bonds is 4. The van der Waals surface area contributed by atoms with E-state index in [1.165, 1.54) is 12.5 Å². The summed E-state index contributed by atoms with van der Waals surface area (Å²) in [7, 11) is 0. The smallest absolute Gasteiger partial charge is 0.246 e. The molecule has 0 radical (unpaired) electrons. The predicted molar refractivity (Wildman–Crippen MR) is 92.0 cm³/mol. The molecule has 0 unspecified atom stereocenters. The number of para-hydroxylation sites is 2. The number of nitrogens with one attached hydrogen (secondary N) is 1. The van der Waals surface area contributed by atoms with Gasteiger partial charge in [-0.3, -0.25) is 9.59 Å². The summed E-state index contributed by atoms with van der Waals surface area (Å²) < 4.78 is 0. The fourth-order valence-electron chi connectivity index (χ4n) is 3.04. The summed E-state index contributed by atoms with van der Waals surface area (Å²) in [5, 5.41) is 2.90. The zero-order chi connectivity index (χ0) is 16.4. The third-order valence-corrected chi connectivity index (χ3v) is 4.33. The van der Waals surface area contributed by atoms with E-state index in [-0.39, 0.29) is 17.7 Å². The van der Waals surface area contributed by atoms with Crippen LogP contribution in [-0.2, 0) is 11.2 Å². The van der Waals surface area contributed by atoms with Crippen LogP contribution in [0.15, 0.2) is 48.5 Å². The molecule has 1 aliphatic rings. The Labute approximate surface area is 136 Å². The molecule has 4 heteroatoms. The largest absolute Gasteiger partial charge is 0.359 e. The van der Waals surface area contributed by atoms with Gasteiger partial charge in [-0.25, -0.2) is 0 Å². The highest BCUT2D eigenvalue weighted by atomic mass is 16.2. The lowest BCUT2D eigenvalue weighted by Crippen LogP contribution is -2.41. The van der Waals surface area contributed by atoms with E-state index in [1.807, 2.05) is 25.1 Å². The van der Waals surface area contributed by atoms with Crippen LogP contribution in [-0.4, -0.2) is 24.3 Å². The molecule has 0 saturated carbocycles. The van der Waals surface area contributed by atoms with Gasteiger partial charge in [-0.05, 0) is 44.0 Å². The molecule has 1 heterocycles. The molecule has 0 aromatic heterocycles. The highest BCUT2D eigenvalue weighted by Crippen LogP contribution is 2.29. The number of carbonyl (C=O) groups excluding carboxylic acids is 2. The summed E-state index contributed by atoms with van der Waals surface area (Å²) >= 11 is 0. The van der Waals surface area contributed by atoms with Crippen LogP contribution < -0.4 is 10.2 Å². The molecule has 1 amide bonds. The number of benzene rings is 2. The summed E-state index contributed by atoms with van der Waals surface area (Å²) in [5.74, 6) is -0.157. The molecular formula is C19H20N2O2. The Balaban J connectivity index is 1.78. The molecule has 0 aliphatic carbocycles. The standard InChI is InChI=1S/C19H20N2O2/c1-13(21-12-11-15-7-3-6-10-18(15)21)19(23)20-17-9-5-4-8-16(17)14(2)22/h3-10,13H,11-12H2,1-2H3,(H,20,23)/t13-/m0/s1. The van der Waals surface area contributed by atoms with Gasteiger partial charge < -0.3 is 10.2 Å². The molecule has 1 atom stereocenters. The van der Waals surface area contributed by atoms with E-state index in [0.717, 1.165) is 18.7 Å². The van der Waals surface area contributed by atoms with Crippen molar-refractivity contribution in [1.29, 1.82) is 0 Å². The van der Waals surface area contributed by atoms with E-state index in [1.54, 1.807) is 18.2 Å². The van der Waals surface area contributed by atoms with Crippen molar-refractivity contribution in [2.24, 2.45) is 0 Å². The van der Waals surface area contributed by atoms with Crippen molar-refractivity contribution in [1.82, 2.24) is 0 Å². The second kappa shape index (κ2) is 6.24. The van der Waals surface area contributed by atoms with Crippen molar-refractivity contribution in [2.75, 3.05) is 16.8 Å². The van der Waals surface area contributed by atoms with Crippen LogP contribution in [0.1, 0.15) is 29.8 Å². The van der Waals surface area contributed by atoms with E-state index in [9.17, 15) is 9.59 Å². The van der Waals surface area contributed by atoms with E-state index in [0.29, 0.717) is 11.3 Å². The Bertz CT molecular complexity index is 755. The van der Waals surface area contributed by atoms with Crippen molar-refractivity contribution < 1.29 is 9.59 Å². The average molecular weight is 308 g/mol. The lowest BCUT2D eigenvalue weighted by Gasteiger charge is -2.26. The fraction of sp³-hybridized carbons (Fsp3) is 0.263. The first-order valence-electron chi connectivity index (χ1n) is 7.83. The fourth-order valence-corrected chi connectivity index (χ4v) is 3.04. The van der Waals surface area contributed by atoms with Gasteiger partial charge in [0.2, 0.25) is 5.91 Å². The van der Waals surface area contributed by atoms with Crippen LogP contribution in [0.2, 0.25) is 0 Å². The second-order valence-corrected chi connectivity index (χ2v) is 5.84. The first-order chi connectivity index (χ1) is 11.1. The van der Waals surface area contributed by atoms with Gasteiger partial charge >= 0.3 is 0 Å². The highest BCUT2D eigenvalue weighted by Gasteiger charge is 2.27. The van der Waals surface area contributed by atoms with Gasteiger partial charge in [-0.2, -0.15) is 0 Å². The number of carbonyl (C=O) groups is 2. The third-order valence-electron chi connectivity index (χ3n) is 4.33. The first-order valence-corrected chi connectivity index (χ1v) is 7.83. The SMILES string of the molecule is CC(=O)c1ccccc1NC(=O)[C@H](C)N1CCc2ccccc21. The minimum atomic E-state index is -0.293. The van der Waals surface area contributed by atoms with Gasteiger partial charge in [0.25, 0.3) is 0 Å². The Morgan fingerprint density at radius 2 is 1.78 bits per heavy atom. The number of nitrogens with zero attached hydrogens (tertiary/aromatic N) is 1. The molecule has 23 heavy (non-hydrogen) atoms. The van der Waals surface area contributed by atoms with Gasteiger partial charge in [-0.15, -0.1) is 0 Å². The van der Waals surface area contributed by atoms with Gasteiger partial charge in [0.15, 0.2) is 5.78 Å². The monoisotopic (exact) mass is 308 g/mol. The van der Waals surface area contributed by atoms with Gasteiger partial charge in [0.1, 0.15) is 6.04 Å². The van der Waals surface area contributed by atoms with Crippen LogP contribution in [0.4, 0.5) is 11.4 Å². The molecular weight excluding hydrogens is 288 g/mol. The van der Waals surface area contributed by atoms with Gasteiger partial charge in [-0.1, -0.05) is 30.3 Å². The molecule has 4 nitrogen and oxygen atoms in total. The minimum Gasteiger partial charge on any atom is -0.359 e. The van der Waals surface area contributed by atoms with E-state index in [4.69, 9.17) is 0 Å². The summed E-state index contributed by atoms with van der Waals surface area (Å²) in [5.41, 5.74) is 3.51. The van der Waals surface area contributed by atoms with Crippen LogP contribution in [0.5, 0.6) is 0 Å². The number of ketones is 1. The van der Waals surface area contributed by atoms with Gasteiger partial charge in [0.05, 0.1) is 5.69 Å². The molecule has 0 fully saturated rings. The van der Waals surface area contributed by atoms with Crippen molar-refractivity contribution in [3.63, 3.8) is 0 Å². The zero-order valence-corrected chi connectivity index (χ0v) is 13.4. The molecule has 0 saturated heterocycles. The maximum atomic E-state index is 12.6. The average Bonchev–Trinajstić information content (AvgIpc) is 2.98. The predicted octanol–water partition coefficient (Wildman–Crippen LogP) is 3.28. The first kappa shape index (κ1) is 15.3. The number of amides is 1. The quantitative estimate of drug-likeness (QED) is 0.882. The number of Topliss-reactive ketones (excluding diaryl/α,β-unsaturated/α-hetero) is 1. The van der Waals surface area contributed by atoms with Crippen LogP contribution in [0.3, 0.4) is 0 Å². The zero-order valence-electron chi connectivity index (χ0n) is 13.4. The van der Waals surface area contributed by atoms with Crippen molar-refractivity contribution in [3.8, 4) is 0 Å². The Morgan fingerprint density at radius 3 is 2.57 bits per heavy atom. The molecule has 0 bridgehead atoms. The van der Waals surface area contributed by atoms with E-state index >= 15 is 0 Å². The number of anilines is 2. The Morgan fingerprint density at radius 1 is 1.09 bits per heavy atom. The summed E-state index contributed by atoms with van der Waals surface area (Å²) in [4.78, 5) is 26.4. The van der Waals surface area contributed by atoms with Crippen LogP contribution in [0, 0.1) is 0 Å². The molecule has 0 spiro atoms. The maximum absolute atomic E-state index is 12.6. The molecule has 2 aromatic rings. The highest BCUT2D eigenvalue weighted by molar-refractivity contribution is 6.05. The maximum Gasteiger partial charge on any atom is 0.246 e. The third kappa shape index (κ3) is 2.97. The topological polar surface area (TPSA) is 49.4 Å². The molecule has 1 aliphatic heterocycles. The minimum absolute atomic E-state index is 0.0555. The van der Waals surface area contributed by atoms with Crippen molar-refractivity contribution >= 4 is 23.1 Å². The van der Waals surface area contributed by atoms with Crippen molar-refractivity contribution in [2.45, 2.75) is 26.3 Å². The summed E-state index contributed by atoms with van der Waals surface area (Å²) in [6.07, 6.45) is 0.956. The summed E-state index contributed by atoms with van der Waals surface area (Å²) in [6, 6.07) is 15.0. The number of hydrogen-bond donors (Lipinski definition) is 1. The van der Waals surface area contributed by atoms with Gasteiger partial charge in [0, 0.05) is 17.8 Å². The molecule has 2 aromatic carbocycles. The van der Waals surface area contributed by atoms with Crippen molar-refractivity contribution in [3.05, 3.63) is 59.7 Å². The molecule has 1 N–H and O–H groups in total. The number of hydrogen-bond acceptors (Lipinski definition) is 3. The lowest BCUT2D eigenvalue weighted by molar-refractivity contribution is -0.117. The Kier molecular flexibility index (Phi) is 4.15. The Hall–Kier alpha value is -2.62. The second-order valence-electron chi connectivity index (χ2n) is 5.84. The molecule has 3 rings (SSSR count). The number of fused-ring (bicyclic) bond motifs is 1. The lowest BCUT2D eigenvalue weighted by atomic mass is 10.1. The van der Waals surface area contributed by atoms with Crippen LogP contribution >= 0.6 is 0 Å².